The maximum Gasteiger partial charge on any atom is 0.227 e. The van der Waals surface area contributed by atoms with E-state index in [1.165, 1.54) is 12.1 Å². The van der Waals surface area contributed by atoms with Gasteiger partial charge in [-0.05, 0) is 49.1 Å². The van der Waals surface area contributed by atoms with Gasteiger partial charge in [-0.2, -0.15) is 0 Å². The van der Waals surface area contributed by atoms with Crippen molar-refractivity contribution in [3.8, 4) is 0 Å². The molecule has 4 nitrogen and oxygen atoms in total. The van der Waals surface area contributed by atoms with Crippen molar-refractivity contribution in [3.05, 3.63) is 36.1 Å². The highest BCUT2D eigenvalue weighted by atomic mass is 19.1. The van der Waals surface area contributed by atoms with Crippen LogP contribution in [0.3, 0.4) is 0 Å². The predicted molar refractivity (Wildman–Crippen MR) is 87.8 cm³/mol. The lowest BCUT2D eigenvalue weighted by Crippen LogP contribution is -2.52. The molecule has 1 aromatic heterocycles. The molecule has 0 saturated carbocycles. The smallest absolute Gasteiger partial charge is 0.227 e. The normalized spacial score (nSPS) is 24.9. The molecule has 2 aliphatic rings. The molecule has 0 N–H and O–H groups in total. The summed E-state index contributed by atoms with van der Waals surface area (Å²) in [5, 5.41) is 0.803. The number of anilines is 1. The summed E-state index contributed by atoms with van der Waals surface area (Å²) < 4.78 is 13.3. The first kappa shape index (κ1) is 14.4. The summed E-state index contributed by atoms with van der Waals surface area (Å²) in [4.78, 5) is 21.1. The summed E-state index contributed by atoms with van der Waals surface area (Å²) >= 11 is 0. The number of piperidine rings is 2. The number of hydrogen-bond donors (Lipinski definition) is 0. The average Bonchev–Trinajstić information content (AvgIpc) is 2.57. The van der Waals surface area contributed by atoms with Gasteiger partial charge in [0.1, 0.15) is 11.6 Å². The van der Waals surface area contributed by atoms with Gasteiger partial charge in [0.2, 0.25) is 5.91 Å². The molecule has 0 aliphatic carbocycles. The van der Waals surface area contributed by atoms with E-state index in [2.05, 4.69) is 9.88 Å². The SMILES string of the molecule is CN1CCC2CCN(c3ccc4cc(F)ccc4n3)CC2C1=O. The monoisotopic (exact) mass is 313 g/mol. The van der Waals surface area contributed by atoms with Gasteiger partial charge in [-0.3, -0.25) is 4.79 Å². The number of aromatic nitrogens is 1. The van der Waals surface area contributed by atoms with E-state index in [0.29, 0.717) is 5.92 Å². The molecule has 2 fully saturated rings. The predicted octanol–water partition coefficient (Wildman–Crippen LogP) is 2.68. The number of pyridine rings is 1. The van der Waals surface area contributed by atoms with Gasteiger partial charge in [-0.1, -0.05) is 0 Å². The number of halogens is 1. The van der Waals surface area contributed by atoms with Crippen molar-refractivity contribution in [2.75, 3.05) is 31.6 Å². The van der Waals surface area contributed by atoms with Crippen molar-refractivity contribution in [2.24, 2.45) is 11.8 Å². The van der Waals surface area contributed by atoms with Crippen LogP contribution < -0.4 is 4.90 Å². The minimum atomic E-state index is -0.247. The molecule has 5 heteroatoms. The van der Waals surface area contributed by atoms with Crippen LogP contribution in [0, 0.1) is 17.7 Å². The highest BCUT2D eigenvalue weighted by Gasteiger charge is 2.39. The van der Waals surface area contributed by atoms with Gasteiger partial charge >= 0.3 is 0 Å². The molecule has 0 spiro atoms. The zero-order valence-corrected chi connectivity index (χ0v) is 13.2. The summed E-state index contributed by atoms with van der Waals surface area (Å²) in [7, 11) is 1.89. The molecule has 2 atom stereocenters. The molecular formula is C18H20FN3O. The Bertz CT molecular complexity index is 763. The topological polar surface area (TPSA) is 36.4 Å². The van der Waals surface area contributed by atoms with Crippen LogP contribution in [0.25, 0.3) is 10.9 Å². The van der Waals surface area contributed by atoms with Crippen molar-refractivity contribution in [1.82, 2.24) is 9.88 Å². The molecule has 3 heterocycles. The number of amides is 1. The Morgan fingerprint density at radius 2 is 2.00 bits per heavy atom. The minimum Gasteiger partial charge on any atom is -0.356 e. The number of likely N-dealkylation sites (tertiary alicyclic amines) is 1. The minimum absolute atomic E-state index is 0.0771. The molecule has 2 unspecified atom stereocenters. The lowest BCUT2D eigenvalue weighted by molar-refractivity contribution is -0.139. The van der Waals surface area contributed by atoms with E-state index in [1.54, 1.807) is 6.07 Å². The number of fused-ring (bicyclic) bond motifs is 2. The van der Waals surface area contributed by atoms with E-state index in [4.69, 9.17) is 0 Å². The standard InChI is InChI=1S/C18H20FN3O/c1-21-8-6-12-7-9-22(11-15(12)18(21)23)17-5-2-13-10-14(19)3-4-16(13)20-17/h2-5,10,12,15H,6-9,11H2,1H3. The van der Waals surface area contributed by atoms with Crippen LogP contribution in [0.15, 0.2) is 30.3 Å². The Balaban J connectivity index is 1.61. The fourth-order valence-electron chi connectivity index (χ4n) is 3.85. The molecule has 1 aromatic carbocycles. The molecule has 120 valence electrons. The third-order valence-corrected chi connectivity index (χ3v) is 5.25. The molecule has 0 bridgehead atoms. The van der Waals surface area contributed by atoms with Gasteiger partial charge in [-0.25, -0.2) is 9.37 Å². The molecule has 0 radical (unpaired) electrons. The molecule has 23 heavy (non-hydrogen) atoms. The zero-order chi connectivity index (χ0) is 16.0. The van der Waals surface area contributed by atoms with Crippen molar-refractivity contribution >= 4 is 22.6 Å². The summed E-state index contributed by atoms with van der Waals surface area (Å²) in [5.41, 5.74) is 0.790. The Hall–Kier alpha value is -2.17. The van der Waals surface area contributed by atoms with Crippen molar-refractivity contribution in [2.45, 2.75) is 12.8 Å². The number of carbonyl (C=O) groups is 1. The largest absolute Gasteiger partial charge is 0.356 e. The number of hydrogen-bond acceptors (Lipinski definition) is 3. The van der Waals surface area contributed by atoms with E-state index < -0.39 is 0 Å². The van der Waals surface area contributed by atoms with Gasteiger partial charge in [-0.15, -0.1) is 0 Å². The van der Waals surface area contributed by atoms with E-state index in [0.717, 1.165) is 49.2 Å². The fraction of sp³-hybridized carbons (Fsp3) is 0.444. The average molecular weight is 313 g/mol. The molecule has 2 aromatic rings. The summed E-state index contributed by atoms with van der Waals surface area (Å²) in [6.07, 6.45) is 2.14. The quantitative estimate of drug-likeness (QED) is 0.812. The van der Waals surface area contributed by atoms with Crippen molar-refractivity contribution in [1.29, 1.82) is 0 Å². The third-order valence-electron chi connectivity index (χ3n) is 5.25. The summed E-state index contributed by atoms with van der Waals surface area (Å²) in [5.74, 6) is 1.47. The molecule has 4 rings (SSSR count). The third kappa shape index (κ3) is 2.54. The lowest BCUT2D eigenvalue weighted by Gasteiger charge is -2.43. The van der Waals surface area contributed by atoms with E-state index in [1.807, 2.05) is 24.1 Å². The van der Waals surface area contributed by atoms with E-state index in [-0.39, 0.29) is 17.6 Å². The van der Waals surface area contributed by atoms with Crippen LogP contribution in [-0.2, 0) is 4.79 Å². The van der Waals surface area contributed by atoms with Crippen LogP contribution in [0.1, 0.15) is 12.8 Å². The second kappa shape index (κ2) is 5.48. The van der Waals surface area contributed by atoms with Crippen LogP contribution >= 0.6 is 0 Å². The highest BCUT2D eigenvalue weighted by molar-refractivity contribution is 5.82. The first-order valence-corrected chi connectivity index (χ1v) is 8.18. The molecule has 2 saturated heterocycles. The number of benzene rings is 1. The first-order valence-electron chi connectivity index (χ1n) is 8.18. The van der Waals surface area contributed by atoms with Crippen LogP contribution in [0.2, 0.25) is 0 Å². The molecular weight excluding hydrogens is 293 g/mol. The lowest BCUT2D eigenvalue weighted by atomic mass is 9.79. The first-order chi connectivity index (χ1) is 11.1. The zero-order valence-electron chi connectivity index (χ0n) is 13.2. The van der Waals surface area contributed by atoms with E-state index >= 15 is 0 Å². The number of carbonyl (C=O) groups excluding carboxylic acids is 1. The Morgan fingerprint density at radius 3 is 2.87 bits per heavy atom. The second-order valence-corrected chi connectivity index (χ2v) is 6.66. The molecule has 2 aliphatic heterocycles. The molecule has 1 amide bonds. The summed E-state index contributed by atoms with van der Waals surface area (Å²) in [6, 6.07) is 8.48. The fourth-order valence-corrected chi connectivity index (χ4v) is 3.85. The Labute approximate surface area is 134 Å². The second-order valence-electron chi connectivity index (χ2n) is 6.66. The van der Waals surface area contributed by atoms with Crippen LogP contribution in [-0.4, -0.2) is 42.5 Å². The number of nitrogens with zero attached hydrogens (tertiary/aromatic N) is 3. The van der Waals surface area contributed by atoms with Gasteiger partial charge in [0.15, 0.2) is 0 Å². The van der Waals surface area contributed by atoms with Crippen LogP contribution in [0.4, 0.5) is 10.2 Å². The maximum absolute atomic E-state index is 13.3. The van der Waals surface area contributed by atoms with Crippen molar-refractivity contribution in [3.63, 3.8) is 0 Å². The van der Waals surface area contributed by atoms with Gasteiger partial charge < -0.3 is 9.80 Å². The van der Waals surface area contributed by atoms with Gasteiger partial charge in [0.05, 0.1) is 11.4 Å². The Kier molecular flexibility index (Phi) is 3.43. The number of rotatable bonds is 1. The highest BCUT2D eigenvalue weighted by Crippen LogP contribution is 2.33. The summed E-state index contributed by atoms with van der Waals surface area (Å²) in [6.45, 7) is 2.53. The Morgan fingerprint density at radius 1 is 1.17 bits per heavy atom. The van der Waals surface area contributed by atoms with Crippen molar-refractivity contribution < 1.29 is 9.18 Å². The van der Waals surface area contributed by atoms with Gasteiger partial charge in [0.25, 0.3) is 0 Å². The van der Waals surface area contributed by atoms with Crippen LogP contribution in [0.5, 0.6) is 0 Å². The van der Waals surface area contributed by atoms with Gasteiger partial charge in [0, 0.05) is 32.1 Å². The van der Waals surface area contributed by atoms with E-state index in [9.17, 15) is 9.18 Å². The maximum atomic E-state index is 13.3.